The van der Waals surface area contributed by atoms with Crippen LogP contribution < -0.4 is 0 Å². The number of amides is 1. The van der Waals surface area contributed by atoms with Crippen LogP contribution in [-0.2, 0) is 11.2 Å². The van der Waals surface area contributed by atoms with E-state index in [-0.39, 0.29) is 5.91 Å². The van der Waals surface area contributed by atoms with Crippen molar-refractivity contribution in [2.75, 3.05) is 6.54 Å². The van der Waals surface area contributed by atoms with Crippen LogP contribution in [0.2, 0.25) is 0 Å². The second-order valence-electron chi connectivity index (χ2n) is 4.57. The lowest BCUT2D eigenvalue weighted by Gasteiger charge is -2.26. The first-order valence-electron chi connectivity index (χ1n) is 6.29. The van der Waals surface area contributed by atoms with Gasteiger partial charge in [-0.25, -0.2) is 0 Å². The summed E-state index contributed by atoms with van der Waals surface area (Å²) in [7, 11) is 0. The fourth-order valence-electron chi connectivity index (χ4n) is 2.25. The highest BCUT2D eigenvalue weighted by molar-refractivity contribution is 5.76. The molecule has 0 spiro atoms. The van der Waals surface area contributed by atoms with Crippen molar-refractivity contribution in [3.63, 3.8) is 0 Å². The number of rotatable bonds is 3. The number of carbonyl (C=O) groups is 1. The Morgan fingerprint density at radius 1 is 1.18 bits per heavy atom. The Hall–Kier alpha value is -1.35. The maximum Gasteiger partial charge on any atom is 0.224 e. The predicted molar refractivity (Wildman–Crippen MR) is 66.3 cm³/mol. The summed E-state index contributed by atoms with van der Waals surface area (Å²) in [5.41, 5.74) is 1.07. The quantitative estimate of drug-likeness (QED) is 0.867. The van der Waals surface area contributed by atoms with Crippen molar-refractivity contribution < 1.29 is 9.90 Å². The summed E-state index contributed by atoms with van der Waals surface area (Å²) in [6.07, 6.45) is 3.45. The summed E-state index contributed by atoms with van der Waals surface area (Å²) in [4.78, 5) is 13.4. The molecule has 0 saturated carbocycles. The second-order valence-corrected chi connectivity index (χ2v) is 4.57. The monoisotopic (exact) mass is 233 g/mol. The van der Waals surface area contributed by atoms with Crippen LogP contribution in [0.15, 0.2) is 30.3 Å². The zero-order chi connectivity index (χ0) is 12.1. The van der Waals surface area contributed by atoms with E-state index in [0.717, 1.165) is 24.8 Å². The van der Waals surface area contributed by atoms with Gasteiger partial charge in [-0.1, -0.05) is 36.8 Å². The lowest BCUT2D eigenvalue weighted by molar-refractivity contribution is -0.140. The molecule has 1 aromatic carbocycles. The minimum Gasteiger partial charge on any atom is -0.373 e. The molecule has 1 aliphatic rings. The number of carbonyl (C=O) groups excluding carboxylic acids is 1. The highest BCUT2D eigenvalue weighted by Gasteiger charge is 2.23. The Bertz CT molecular complexity index is 364. The Labute approximate surface area is 102 Å². The molecule has 0 radical (unpaired) electrons. The largest absolute Gasteiger partial charge is 0.373 e. The third-order valence-corrected chi connectivity index (χ3v) is 3.23. The van der Waals surface area contributed by atoms with E-state index in [1.165, 1.54) is 0 Å². The summed E-state index contributed by atoms with van der Waals surface area (Å²) >= 11 is 0. The van der Waals surface area contributed by atoms with Crippen LogP contribution in [0.5, 0.6) is 0 Å². The number of hydrogen-bond acceptors (Lipinski definition) is 2. The highest BCUT2D eigenvalue weighted by Crippen LogP contribution is 2.15. The summed E-state index contributed by atoms with van der Waals surface area (Å²) < 4.78 is 0. The summed E-state index contributed by atoms with van der Waals surface area (Å²) in [5.74, 6) is 0.0888. The van der Waals surface area contributed by atoms with Crippen molar-refractivity contribution in [2.45, 2.75) is 38.3 Å². The fraction of sp³-hybridized carbons (Fsp3) is 0.500. The zero-order valence-corrected chi connectivity index (χ0v) is 10.0. The van der Waals surface area contributed by atoms with Crippen LogP contribution in [0.1, 0.15) is 31.2 Å². The molecule has 1 aliphatic heterocycles. The Morgan fingerprint density at radius 3 is 2.71 bits per heavy atom. The van der Waals surface area contributed by atoms with Gasteiger partial charge in [0, 0.05) is 19.4 Å². The van der Waals surface area contributed by atoms with Crippen LogP contribution in [0.3, 0.4) is 0 Å². The number of benzene rings is 1. The predicted octanol–water partition coefficient (Wildman–Crippen LogP) is 1.95. The molecule has 17 heavy (non-hydrogen) atoms. The molecule has 1 atom stereocenters. The number of aliphatic hydroxyl groups is 1. The number of aliphatic hydroxyl groups excluding tert-OH is 1. The number of hydrogen-bond donors (Lipinski definition) is 1. The Balaban J connectivity index is 1.98. The van der Waals surface area contributed by atoms with Crippen molar-refractivity contribution in [1.29, 1.82) is 0 Å². The van der Waals surface area contributed by atoms with Crippen LogP contribution >= 0.6 is 0 Å². The van der Waals surface area contributed by atoms with E-state index in [0.29, 0.717) is 19.4 Å². The lowest BCUT2D eigenvalue weighted by Crippen LogP contribution is -2.41. The van der Waals surface area contributed by atoms with Gasteiger partial charge >= 0.3 is 0 Å². The van der Waals surface area contributed by atoms with Gasteiger partial charge in [-0.2, -0.15) is 0 Å². The minimum atomic E-state index is -0.678. The van der Waals surface area contributed by atoms with Gasteiger partial charge < -0.3 is 10.0 Å². The van der Waals surface area contributed by atoms with Gasteiger partial charge in [0.05, 0.1) is 0 Å². The van der Waals surface area contributed by atoms with Gasteiger partial charge in [0.1, 0.15) is 6.23 Å². The molecule has 1 fully saturated rings. The SMILES string of the molecule is O=C1CCCCCN1[C@@H](O)Cc1ccccc1. The summed E-state index contributed by atoms with van der Waals surface area (Å²) in [6.45, 7) is 0.687. The average molecular weight is 233 g/mol. The molecule has 3 nitrogen and oxygen atoms in total. The van der Waals surface area contributed by atoms with E-state index < -0.39 is 6.23 Å². The van der Waals surface area contributed by atoms with E-state index in [2.05, 4.69) is 0 Å². The first kappa shape index (κ1) is 12.1. The van der Waals surface area contributed by atoms with Crippen LogP contribution in [0.25, 0.3) is 0 Å². The van der Waals surface area contributed by atoms with E-state index in [1.807, 2.05) is 30.3 Å². The molecule has 3 heteroatoms. The van der Waals surface area contributed by atoms with Gasteiger partial charge in [0.15, 0.2) is 0 Å². The molecule has 1 N–H and O–H groups in total. The van der Waals surface area contributed by atoms with Gasteiger partial charge in [-0.3, -0.25) is 4.79 Å². The Morgan fingerprint density at radius 2 is 1.94 bits per heavy atom. The topological polar surface area (TPSA) is 40.5 Å². The molecule has 0 unspecified atom stereocenters. The third-order valence-electron chi connectivity index (χ3n) is 3.23. The van der Waals surface area contributed by atoms with Crippen molar-refractivity contribution in [3.05, 3.63) is 35.9 Å². The second kappa shape index (κ2) is 5.82. The zero-order valence-electron chi connectivity index (χ0n) is 10.0. The molecule has 0 bridgehead atoms. The van der Waals surface area contributed by atoms with Crippen LogP contribution in [0, 0.1) is 0 Å². The standard InChI is InChI=1S/C14H19NO2/c16-13-9-5-2-6-10-15(13)14(17)11-12-7-3-1-4-8-12/h1,3-4,7-8,14,17H,2,5-6,9-11H2/t14-/m0/s1. The molecule has 0 aliphatic carbocycles. The summed E-state index contributed by atoms with van der Waals surface area (Å²) in [6, 6.07) is 9.81. The maximum atomic E-state index is 11.8. The molecule has 1 saturated heterocycles. The van der Waals surface area contributed by atoms with Gasteiger partial charge in [0.25, 0.3) is 0 Å². The molecule has 1 amide bonds. The first-order valence-corrected chi connectivity index (χ1v) is 6.29. The highest BCUT2D eigenvalue weighted by atomic mass is 16.3. The molecule has 92 valence electrons. The smallest absolute Gasteiger partial charge is 0.224 e. The van der Waals surface area contributed by atoms with Crippen molar-refractivity contribution in [1.82, 2.24) is 4.90 Å². The van der Waals surface area contributed by atoms with Gasteiger partial charge in [-0.15, -0.1) is 0 Å². The number of nitrogens with zero attached hydrogens (tertiary/aromatic N) is 1. The van der Waals surface area contributed by atoms with E-state index in [4.69, 9.17) is 0 Å². The molecule has 2 rings (SSSR count). The van der Waals surface area contributed by atoms with Gasteiger partial charge in [0.2, 0.25) is 5.91 Å². The van der Waals surface area contributed by atoms with E-state index >= 15 is 0 Å². The number of likely N-dealkylation sites (tertiary alicyclic amines) is 1. The van der Waals surface area contributed by atoms with E-state index in [9.17, 15) is 9.90 Å². The molecule has 1 aromatic rings. The molecule has 1 heterocycles. The maximum absolute atomic E-state index is 11.8. The third kappa shape index (κ3) is 3.30. The lowest BCUT2D eigenvalue weighted by atomic mass is 10.1. The van der Waals surface area contributed by atoms with Gasteiger partial charge in [-0.05, 0) is 18.4 Å². The van der Waals surface area contributed by atoms with Crippen molar-refractivity contribution in [3.8, 4) is 0 Å². The summed E-state index contributed by atoms with van der Waals surface area (Å²) in [5, 5.41) is 10.1. The fourth-order valence-corrected chi connectivity index (χ4v) is 2.25. The molecule has 0 aromatic heterocycles. The van der Waals surface area contributed by atoms with Crippen LogP contribution in [0.4, 0.5) is 0 Å². The minimum absolute atomic E-state index is 0.0888. The normalized spacial score (nSPS) is 18.9. The van der Waals surface area contributed by atoms with Crippen LogP contribution in [-0.4, -0.2) is 28.7 Å². The van der Waals surface area contributed by atoms with E-state index in [1.54, 1.807) is 4.90 Å². The molecular weight excluding hydrogens is 214 g/mol. The van der Waals surface area contributed by atoms with Crippen molar-refractivity contribution >= 4 is 5.91 Å². The molecular formula is C14H19NO2. The Kier molecular flexibility index (Phi) is 4.15. The average Bonchev–Trinajstić information content (AvgIpc) is 2.55. The first-order chi connectivity index (χ1) is 8.27. The van der Waals surface area contributed by atoms with Crippen molar-refractivity contribution in [2.24, 2.45) is 0 Å².